The fourth-order valence-corrected chi connectivity index (χ4v) is 2.11. The molecule has 0 spiro atoms. The van der Waals surface area contributed by atoms with E-state index in [1.165, 1.54) is 6.07 Å². The maximum Gasteiger partial charge on any atom is 0.336 e. The predicted octanol–water partition coefficient (Wildman–Crippen LogP) is 2.26. The van der Waals surface area contributed by atoms with Gasteiger partial charge in [-0.1, -0.05) is 6.92 Å². The zero-order valence-corrected chi connectivity index (χ0v) is 12.4. The topological polar surface area (TPSA) is 68.5 Å². The third kappa shape index (κ3) is 3.84. The highest BCUT2D eigenvalue weighted by Crippen LogP contribution is 2.22. The van der Waals surface area contributed by atoms with Crippen LogP contribution >= 0.6 is 0 Å². The van der Waals surface area contributed by atoms with Crippen molar-refractivity contribution >= 4 is 16.9 Å². The molecule has 5 nitrogen and oxygen atoms in total. The van der Waals surface area contributed by atoms with Gasteiger partial charge in [-0.25, -0.2) is 4.79 Å². The van der Waals surface area contributed by atoms with Crippen LogP contribution in [0.4, 0.5) is 0 Å². The van der Waals surface area contributed by atoms with Crippen LogP contribution in [0.5, 0.6) is 5.75 Å². The van der Waals surface area contributed by atoms with Crippen LogP contribution in [0.15, 0.2) is 33.5 Å². The first-order chi connectivity index (χ1) is 9.99. The van der Waals surface area contributed by atoms with Gasteiger partial charge in [0, 0.05) is 23.6 Å². The van der Waals surface area contributed by atoms with E-state index in [4.69, 9.17) is 9.15 Å². The average molecular weight is 289 g/mol. The van der Waals surface area contributed by atoms with Crippen LogP contribution in [0.25, 0.3) is 11.0 Å². The molecule has 0 unspecified atom stereocenters. The minimum absolute atomic E-state index is 0.0681. The fourth-order valence-electron chi connectivity index (χ4n) is 2.11. The number of ether oxygens (including phenoxy) is 1. The summed E-state index contributed by atoms with van der Waals surface area (Å²) in [4.78, 5) is 23.0. The van der Waals surface area contributed by atoms with Crippen molar-refractivity contribution in [1.82, 2.24) is 5.32 Å². The second-order valence-corrected chi connectivity index (χ2v) is 5.11. The third-order valence-electron chi connectivity index (χ3n) is 3.00. The van der Waals surface area contributed by atoms with Crippen LogP contribution in [0, 0.1) is 0 Å². The van der Waals surface area contributed by atoms with E-state index in [2.05, 4.69) is 5.32 Å². The molecule has 112 valence electrons. The maximum absolute atomic E-state index is 11.5. The van der Waals surface area contributed by atoms with Gasteiger partial charge in [-0.2, -0.15) is 0 Å². The quantitative estimate of drug-likeness (QED) is 0.857. The number of carbonyl (C=O) groups is 1. The molecule has 0 saturated carbocycles. The Morgan fingerprint density at radius 3 is 2.76 bits per heavy atom. The standard InChI is InChI=1S/C16H19NO4/c1-4-11-7-16(19)21-14-8-12(5-6-13(11)14)20-9-15(18)17-10(2)3/h5-8,10H,4,9H2,1-3H3,(H,17,18). The van der Waals surface area contributed by atoms with Gasteiger partial charge in [0.2, 0.25) is 0 Å². The highest BCUT2D eigenvalue weighted by Gasteiger charge is 2.08. The molecule has 0 aliphatic heterocycles. The summed E-state index contributed by atoms with van der Waals surface area (Å²) < 4.78 is 10.6. The second-order valence-electron chi connectivity index (χ2n) is 5.11. The lowest BCUT2D eigenvalue weighted by molar-refractivity contribution is -0.123. The number of fused-ring (bicyclic) bond motifs is 1. The Balaban J connectivity index is 2.19. The van der Waals surface area contributed by atoms with E-state index in [1.54, 1.807) is 12.1 Å². The van der Waals surface area contributed by atoms with Crippen molar-refractivity contribution in [1.29, 1.82) is 0 Å². The van der Waals surface area contributed by atoms with Crippen molar-refractivity contribution in [3.63, 3.8) is 0 Å². The van der Waals surface area contributed by atoms with Gasteiger partial charge >= 0.3 is 5.63 Å². The van der Waals surface area contributed by atoms with Crippen LogP contribution in [0.3, 0.4) is 0 Å². The van der Waals surface area contributed by atoms with Crippen molar-refractivity contribution in [3.05, 3.63) is 40.2 Å². The highest BCUT2D eigenvalue weighted by atomic mass is 16.5. The molecule has 2 aromatic rings. The van der Waals surface area contributed by atoms with Crippen molar-refractivity contribution in [2.75, 3.05) is 6.61 Å². The maximum atomic E-state index is 11.5. The van der Waals surface area contributed by atoms with Gasteiger partial charge in [-0.05, 0) is 38.0 Å². The Morgan fingerprint density at radius 2 is 2.10 bits per heavy atom. The monoisotopic (exact) mass is 289 g/mol. The number of nitrogens with one attached hydrogen (secondary N) is 1. The molecule has 0 bridgehead atoms. The summed E-state index contributed by atoms with van der Waals surface area (Å²) >= 11 is 0. The van der Waals surface area contributed by atoms with Crippen LogP contribution in [0.1, 0.15) is 26.3 Å². The van der Waals surface area contributed by atoms with Gasteiger partial charge in [0.1, 0.15) is 11.3 Å². The molecule has 0 saturated heterocycles. The van der Waals surface area contributed by atoms with Gasteiger partial charge in [0.15, 0.2) is 6.61 Å². The summed E-state index contributed by atoms with van der Waals surface area (Å²) in [6.07, 6.45) is 0.749. The lowest BCUT2D eigenvalue weighted by Crippen LogP contribution is -2.34. The summed E-state index contributed by atoms with van der Waals surface area (Å²) in [6, 6.07) is 6.82. The molecular formula is C16H19NO4. The van der Waals surface area contributed by atoms with Crippen molar-refractivity contribution < 1.29 is 13.9 Å². The van der Waals surface area contributed by atoms with Crippen LogP contribution < -0.4 is 15.7 Å². The molecule has 1 heterocycles. The lowest BCUT2D eigenvalue weighted by atomic mass is 10.1. The SMILES string of the molecule is CCc1cc(=O)oc2cc(OCC(=O)NC(C)C)ccc12. The van der Waals surface area contributed by atoms with Gasteiger partial charge < -0.3 is 14.5 Å². The summed E-state index contributed by atoms with van der Waals surface area (Å²) in [6.45, 7) is 5.68. The molecule has 0 radical (unpaired) electrons. The van der Waals surface area contributed by atoms with E-state index >= 15 is 0 Å². The smallest absolute Gasteiger partial charge is 0.336 e. The zero-order valence-electron chi connectivity index (χ0n) is 12.4. The van der Waals surface area contributed by atoms with E-state index in [9.17, 15) is 9.59 Å². The Hall–Kier alpha value is -2.30. The van der Waals surface area contributed by atoms with Gasteiger partial charge in [-0.3, -0.25) is 4.79 Å². The van der Waals surface area contributed by atoms with Crippen molar-refractivity contribution in [3.8, 4) is 5.75 Å². The van der Waals surface area contributed by atoms with Crippen LogP contribution in [-0.4, -0.2) is 18.6 Å². The number of carbonyl (C=O) groups excluding carboxylic acids is 1. The third-order valence-corrected chi connectivity index (χ3v) is 3.00. The summed E-state index contributed by atoms with van der Waals surface area (Å²) in [5.41, 5.74) is 1.03. The number of hydrogen-bond acceptors (Lipinski definition) is 4. The molecule has 0 aliphatic carbocycles. The van der Waals surface area contributed by atoms with Crippen LogP contribution in [0.2, 0.25) is 0 Å². The van der Waals surface area contributed by atoms with Crippen molar-refractivity contribution in [2.45, 2.75) is 33.2 Å². The minimum Gasteiger partial charge on any atom is -0.484 e. The molecule has 5 heteroatoms. The van der Waals surface area contributed by atoms with E-state index < -0.39 is 0 Å². The van der Waals surface area contributed by atoms with E-state index in [1.807, 2.05) is 26.8 Å². The molecule has 0 atom stereocenters. The normalized spacial score (nSPS) is 10.9. The summed E-state index contributed by atoms with van der Waals surface area (Å²) in [7, 11) is 0. The highest BCUT2D eigenvalue weighted by molar-refractivity contribution is 5.82. The zero-order chi connectivity index (χ0) is 15.4. The minimum atomic E-state index is -0.381. The largest absolute Gasteiger partial charge is 0.484 e. The first-order valence-electron chi connectivity index (χ1n) is 6.98. The fraction of sp³-hybridized carbons (Fsp3) is 0.375. The lowest BCUT2D eigenvalue weighted by Gasteiger charge is -2.10. The molecule has 2 rings (SSSR count). The Kier molecular flexibility index (Phi) is 4.62. The molecule has 0 fully saturated rings. The molecule has 1 aromatic carbocycles. The van der Waals surface area contributed by atoms with Gasteiger partial charge in [-0.15, -0.1) is 0 Å². The van der Waals surface area contributed by atoms with E-state index in [0.717, 1.165) is 17.4 Å². The average Bonchev–Trinajstić information content (AvgIpc) is 2.43. The van der Waals surface area contributed by atoms with E-state index in [-0.39, 0.29) is 24.2 Å². The summed E-state index contributed by atoms with van der Waals surface area (Å²) in [5, 5.41) is 3.63. The first-order valence-corrected chi connectivity index (χ1v) is 6.98. The number of rotatable bonds is 5. The van der Waals surface area contributed by atoms with Crippen molar-refractivity contribution in [2.24, 2.45) is 0 Å². The number of benzene rings is 1. The predicted molar refractivity (Wildman–Crippen MR) is 80.6 cm³/mol. The Morgan fingerprint density at radius 1 is 1.33 bits per heavy atom. The van der Waals surface area contributed by atoms with Gasteiger partial charge in [0.25, 0.3) is 5.91 Å². The number of hydrogen-bond donors (Lipinski definition) is 1. The second kappa shape index (κ2) is 6.43. The summed E-state index contributed by atoms with van der Waals surface area (Å²) in [5.74, 6) is 0.312. The number of aryl methyl sites for hydroxylation is 1. The molecule has 21 heavy (non-hydrogen) atoms. The van der Waals surface area contributed by atoms with Crippen LogP contribution in [-0.2, 0) is 11.2 Å². The first kappa shape index (κ1) is 15.1. The molecule has 1 amide bonds. The Labute approximate surface area is 122 Å². The molecule has 0 aliphatic rings. The van der Waals surface area contributed by atoms with E-state index in [0.29, 0.717) is 11.3 Å². The molecule has 1 aromatic heterocycles. The Bertz CT molecular complexity index is 703. The van der Waals surface area contributed by atoms with Gasteiger partial charge in [0.05, 0.1) is 0 Å². The number of amides is 1. The molecule has 1 N–H and O–H groups in total. The molecular weight excluding hydrogens is 270 g/mol.